The fourth-order valence-electron chi connectivity index (χ4n) is 1.96. The molecular weight excluding hydrogens is 178 g/mol. The summed E-state index contributed by atoms with van der Waals surface area (Å²) in [6.45, 7) is 2.72. The largest absolute Gasteiger partial charge is 0.308 e. The average molecular weight is 195 g/mol. The number of rotatable bonds is 3. The van der Waals surface area contributed by atoms with E-state index in [4.69, 9.17) is 0 Å². The second kappa shape index (κ2) is 4.55. The van der Waals surface area contributed by atoms with Crippen molar-refractivity contribution >= 4 is 0 Å². The molecule has 1 N–H and O–H groups in total. The van der Waals surface area contributed by atoms with Crippen molar-refractivity contribution in [2.75, 3.05) is 0 Å². The summed E-state index contributed by atoms with van der Waals surface area (Å²) in [6.07, 6.45) is 6.69. The summed E-state index contributed by atoms with van der Waals surface area (Å²) in [4.78, 5) is 0. The molecule has 0 radical (unpaired) electrons. The maximum atomic E-state index is 4.65. The van der Waals surface area contributed by atoms with E-state index >= 15 is 0 Å². The second-order valence-corrected chi connectivity index (χ2v) is 4.01. The maximum absolute atomic E-state index is 4.65. The number of aryl methyl sites for hydroxylation is 1. The van der Waals surface area contributed by atoms with Crippen LogP contribution in [0.2, 0.25) is 0 Å². The van der Waals surface area contributed by atoms with E-state index in [9.17, 15) is 0 Å². The number of nitrogens with zero attached hydrogens (tertiary/aromatic N) is 2. The quantitative estimate of drug-likeness (QED) is 0.799. The lowest BCUT2D eigenvalue weighted by Crippen LogP contribution is -2.30. The van der Waals surface area contributed by atoms with E-state index in [-0.39, 0.29) is 0 Å². The van der Waals surface area contributed by atoms with E-state index in [1.165, 1.54) is 32.1 Å². The zero-order valence-electron chi connectivity index (χ0n) is 8.62. The van der Waals surface area contributed by atoms with Crippen molar-refractivity contribution < 1.29 is 4.63 Å². The maximum Gasteiger partial charge on any atom is 0.121 e. The van der Waals surface area contributed by atoms with Gasteiger partial charge in [0.1, 0.15) is 11.4 Å². The minimum absolute atomic E-state index is 0.667. The Balaban J connectivity index is 1.79. The Morgan fingerprint density at radius 1 is 1.29 bits per heavy atom. The van der Waals surface area contributed by atoms with Gasteiger partial charge in [0.25, 0.3) is 0 Å². The third-order valence-electron chi connectivity index (χ3n) is 2.91. The molecule has 4 heteroatoms. The highest BCUT2D eigenvalue weighted by molar-refractivity contribution is 5.04. The number of hydrogen-bond acceptors (Lipinski definition) is 4. The minimum Gasteiger partial charge on any atom is -0.308 e. The summed E-state index contributed by atoms with van der Waals surface area (Å²) in [7, 11) is 0. The molecule has 1 heterocycles. The Hall–Kier alpha value is -0.900. The highest BCUT2D eigenvalue weighted by Crippen LogP contribution is 2.17. The fourth-order valence-corrected chi connectivity index (χ4v) is 1.96. The van der Waals surface area contributed by atoms with Crippen molar-refractivity contribution in [1.82, 2.24) is 15.6 Å². The molecule has 1 aliphatic carbocycles. The molecule has 0 aliphatic heterocycles. The zero-order chi connectivity index (χ0) is 9.80. The number of aromatic nitrogens is 2. The van der Waals surface area contributed by atoms with Crippen LogP contribution in [0.15, 0.2) is 4.63 Å². The Kier molecular flexibility index (Phi) is 3.14. The molecular formula is C10H17N3O. The first kappa shape index (κ1) is 9.65. The molecule has 2 rings (SSSR count). The normalized spacial score (nSPS) is 18.6. The van der Waals surface area contributed by atoms with E-state index in [0.29, 0.717) is 6.04 Å². The summed E-state index contributed by atoms with van der Waals surface area (Å²) < 4.78 is 4.65. The molecule has 0 amide bonds. The molecule has 78 valence electrons. The molecule has 0 atom stereocenters. The molecule has 0 aromatic carbocycles. The summed E-state index contributed by atoms with van der Waals surface area (Å²) in [5, 5.41) is 11.1. The third-order valence-corrected chi connectivity index (χ3v) is 2.91. The van der Waals surface area contributed by atoms with Gasteiger partial charge in [0.05, 0.1) is 0 Å². The van der Waals surface area contributed by atoms with E-state index < -0.39 is 0 Å². The molecule has 4 nitrogen and oxygen atoms in total. The average Bonchev–Trinajstić information content (AvgIpc) is 2.63. The van der Waals surface area contributed by atoms with Gasteiger partial charge in [-0.2, -0.15) is 0 Å². The van der Waals surface area contributed by atoms with Crippen molar-refractivity contribution in [2.45, 2.75) is 51.6 Å². The van der Waals surface area contributed by atoms with Crippen LogP contribution in [0.5, 0.6) is 0 Å². The van der Waals surface area contributed by atoms with Gasteiger partial charge >= 0.3 is 0 Å². The van der Waals surface area contributed by atoms with E-state index in [1.54, 1.807) is 0 Å². The van der Waals surface area contributed by atoms with Gasteiger partial charge in [-0.15, -0.1) is 0 Å². The molecule has 1 aromatic heterocycles. The number of nitrogens with one attached hydrogen (secondary N) is 1. The summed E-state index contributed by atoms with van der Waals surface area (Å²) >= 11 is 0. The third kappa shape index (κ3) is 2.32. The first-order valence-electron chi connectivity index (χ1n) is 5.37. The summed E-state index contributed by atoms with van der Waals surface area (Å²) in [5.41, 5.74) is 1.84. The first-order chi connectivity index (χ1) is 6.86. The molecule has 1 aliphatic rings. The van der Waals surface area contributed by atoms with Crippen LogP contribution in [0, 0.1) is 6.92 Å². The molecule has 0 saturated heterocycles. The van der Waals surface area contributed by atoms with Gasteiger partial charge in [-0.1, -0.05) is 29.6 Å². The smallest absolute Gasteiger partial charge is 0.121 e. The monoisotopic (exact) mass is 195 g/mol. The molecule has 1 fully saturated rings. The van der Waals surface area contributed by atoms with Crippen LogP contribution in [0.25, 0.3) is 0 Å². The van der Waals surface area contributed by atoms with Gasteiger partial charge in [0.15, 0.2) is 0 Å². The van der Waals surface area contributed by atoms with Crippen molar-refractivity contribution in [3.8, 4) is 0 Å². The SMILES string of the molecule is Cc1nonc1CNC1CCCCC1. The molecule has 1 saturated carbocycles. The van der Waals surface area contributed by atoms with Gasteiger partial charge in [-0.25, -0.2) is 4.63 Å². The Morgan fingerprint density at radius 2 is 2.07 bits per heavy atom. The Bertz CT molecular complexity index is 279. The van der Waals surface area contributed by atoms with E-state index in [1.807, 2.05) is 6.92 Å². The summed E-state index contributed by atoms with van der Waals surface area (Å²) in [5.74, 6) is 0. The van der Waals surface area contributed by atoms with Crippen LogP contribution >= 0.6 is 0 Å². The molecule has 0 unspecified atom stereocenters. The van der Waals surface area contributed by atoms with Crippen LogP contribution in [0.3, 0.4) is 0 Å². The minimum atomic E-state index is 0.667. The van der Waals surface area contributed by atoms with Crippen molar-refractivity contribution in [3.05, 3.63) is 11.4 Å². The van der Waals surface area contributed by atoms with Gasteiger partial charge in [0.2, 0.25) is 0 Å². The van der Waals surface area contributed by atoms with E-state index in [0.717, 1.165) is 17.9 Å². The fraction of sp³-hybridized carbons (Fsp3) is 0.800. The van der Waals surface area contributed by atoms with Crippen molar-refractivity contribution in [1.29, 1.82) is 0 Å². The Morgan fingerprint density at radius 3 is 2.71 bits per heavy atom. The van der Waals surface area contributed by atoms with Crippen molar-refractivity contribution in [2.24, 2.45) is 0 Å². The molecule has 1 aromatic rings. The lowest BCUT2D eigenvalue weighted by atomic mass is 9.95. The van der Waals surface area contributed by atoms with Crippen LogP contribution in [-0.4, -0.2) is 16.4 Å². The van der Waals surface area contributed by atoms with Crippen LogP contribution in [0.4, 0.5) is 0 Å². The highest BCUT2D eigenvalue weighted by atomic mass is 16.6. The van der Waals surface area contributed by atoms with E-state index in [2.05, 4.69) is 20.3 Å². The van der Waals surface area contributed by atoms with Gasteiger partial charge in [-0.3, -0.25) is 0 Å². The topological polar surface area (TPSA) is 51.0 Å². The lowest BCUT2D eigenvalue weighted by Gasteiger charge is -2.22. The molecule has 0 spiro atoms. The molecule has 0 bridgehead atoms. The predicted molar refractivity (Wildman–Crippen MR) is 52.7 cm³/mol. The predicted octanol–water partition coefficient (Wildman–Crippen LogP) is 1.80. The zero-order valence-corrected chi connectivity index (χ0v) is 8.62. The number of hydrogen-bond donors (Lipinski definition) is 1. The van der Waals surface area contributed by atoms with Gasteiger partial charge in [-0.05, 0) is 19.8 Å². The first-order valence-corrected chi connectivity index (χ1v) is 5.37. The van der Waals surface area contributed by atoms with Crippen LogP contribution in [0.1, 0.15) is 43.5 Å². The second-order valence-electron chi connectivity index (χ2n) is 4.01. The van der Waals surface area contributed by atoms with Gasteiger partial charge in [0, 0.05) is 12.6 Å². The van der Waals surface area contributed by atoms with Crippen molar-refractivity contribution in [3.63, 3.8) is 0 Å². The lowest BCUT2D eigenvalue weighted by molar-refractivity contribution is 0.298. The molecule has 14 heavy (non-hydrogen) atoms. The van der Waals surface area contributed by atoms with Crippen LogP contribution < -0.4 is 5.32 Å². The standard InChI is InChI=1S/C10H17N3O/c1-8-10(13-14-12-8)7-11-9-5-3-2-4-6-9/h9,11H,2-7H2,1H3. The summed E-state index contributed by atoms with van der Waals surface area (Å²) in [6, 6.07) is 0.667. The van der Waals surface area contributed by atoms with Crippen LogP contribution in [-0.2, 0) is 6.54 Å². The highest BCUT2D eigenvalue weighted by Gasteiger charge is 2.13. The van der Waals surface area contributed by atoms with Gasteiger partial charge < -0.3 is 5.32 Å². The Labute approximate surface area is 84.0 Å².